The monoisotopic (exact) mass is 323 g/mol. The molecule has 0 aliphatic carbocycles. The fourth-order valence-corrected chi connectivity index (χ4v) is 2.26. The number of carbonyl (C=O) groups is 1. The van der Waals surface area contributed by atoms with Gasteiger partial charge in [-0.25, -0.2) is 4.79 Å². The first-order valence-electron chi connectivity index (χ1n) is 6.39. The lowest BCUT2D eigenvalue weighted by atomic mass is 10.1. The average Bonchev–Trinajstić information content (AvgIpc) is 2.42. The lowest BCUT2D eigenvalue weighted by molar-refractivity contribution is 0.252. The van der Waals surface area contributed by atoms with E-state index in [2.05, 4.69) is 10.6 Å². The Morgan fingerprint density at radius 1 is 1.14 bits per heavy atom. The van der Waals surface area contributed by atoms with E-state index in [1.165, 1.54) is 0 Å². The van der Waals surface area contributed by atoms with Crippen LogP contribution in [0.1, 0.15) is 5.56 Å². The smallest absolute Gasteiger partial charge is 0.319 e. The van der Waals surface area contributed by atoms with Gasteiger partial charge in [0.25, 0.3) is 0 Å². The maximum atomic E-state index is 11.8. The Morgan fingerprint density at radius 3 is 2.67 bits per heavy atom. The van der Waals surface area contributed by atoms with E-state index in [4.69, 9.17) is 28.9 Å². The van der Waals surface area contributed by atoms with Crippen LogP contribution < -0.4 is 16.4 Å². The number of urea groups is 1. The SMILES string of the molecule is Nc1ccc(NC(=O)NCCc2cccc(Cl)c2)c(Cl)c1. The van der Waals surface area contributed by atoms with E-state index in [1.54, 1.807) is 18.2 Å². The summed E-state index contributed by atoms with van der Waals surface area (Å²) in [5.74, 6) is 0. The molecule has 21 heavy (non-hydrogen) atoms. The molecular weight excluding hydrogens is 309 g/mol. The van der Waals surface area contributed by atoms with E-state index in [-0.39, 0.29) is 6.03 Å². The van der Waals surface area contributed by atoms with E-state index in [9.17, 15) is 4.79 Å². The van der Waals surface area contributed by atoms with E-state index in [0.717, 1.165) is 5.56 Å². The Morgan fingerprint density at radius 2 is 1.95 bits per heavy atom. The Balaban J connectivity index is 1.82. The second-order valence-electron chi connectivity index (χ2n) is 4.50. The van der Waals surface area contributed by atoms with Gasteiger partial charge >= 0.3 is 6.03 Å². The van der Waals surface area contributed by atoms with Crippen molar-refractivity contribution in [3.8, 4) is 0 Å². The fraction of sp³-hybridized carbons (Fsp3) is 0.133. The van der Waals surface area contributed by atoms with Gasteiger partial charge in [-0.2, -0.15) is 0 Å². The largest absolute Gasteiger partial charge is 0.399 e. The highest BCUT2D eigenvalue weighted by Gasteiger charge is 2.05. The maximum absolute atomic E-state index is 11.8. The van der Waals surface area contributed by atoms with Gasteiger partial charge in [-0.15, -0.1) is 0 Å². The van der Waals surface area contributed by atoms with Crippen molar-refractivity contribution < 1.29 is 4.79 Å². The van der Waals surface area contributed by atoms with Gasteiger partial charge in [-0.3, -0.25) is 0 Å². The first kappa shape index (κ1) is 15.5. The van der Waals surface area contributed by atoms with Crippen molar-refractivity contribution in [1.29, 1.82) is 0 Å². The van der Waals surface area contributed by atoms with Gasteiger partial charge in [0.05, 0.1) is 10.7 Å². The van der Waals surface area contributed by atoms with Crippen molar-refractivity contribution in [3.63, 3.8) is 0 Å². The number of halogens is 2. The summed E-state index contributed by atoms with van der Waals surface area (Å²) in [4.78, 5) is 11.8. The molecule has 0 fully saturated rings. The van der Waals surface area contributed by atoms with Gasteiger partial charge < -0.3 is 16.4 Å². The normalized spacial score (nSPS) is 10.2. The highest BCUT2D eigenvalue weighted by Crippen LogP contribution is 2.23. The Labute approximate surface area is 133 Å². The average molecular weight is 324 g/mol. The number of hydrogen-bond donors (Lipinski definition) is 3. The summed E-state index contributed by atoms with van der Waals surface area (Å²) in [5, 5.41) is 6.52. The lowest BCUT2D eigenvalue weighted by Gasteiger charge is -2.09. The third-order valence-electron chi connectivity index (χ3n) is 2.83. The lowest BCUT2D eigenvalue weighted by Crippen LogP contribution is -2.30. The predicted octanol–water partition coefficient (Wildman–Crippen LogP) is 3.94. The molecule has 2 rings (SSSR count). The number of carbonyl (C=O) groups excluding carboxylic acids is 1. The summed E-state index contributed by atoms with van der Waals surface area (Å²) in [5.41, 5.74) is 7.72. The van der Waals surface area contributed by atoms with Gasteiger partial charge in [0, 0.05) is 17.3 Å². The number of hydrogen-bond acceptors (Lipinski definition) is 2. The molecule has 2 amide bonds. The molecule has 0 aromatic heterocycles. The number of nitrogens with two attached hydrogens (primary N) is 1. The molecule has 0 unspecified atom stereocenters. The predicted molar refractivity (Wildman–Crippen MR) is 88.0 cm³/mol. The molecule has 2 aromatic carbocycles. The van der Waals surface area contributed by atoms with Crippen LogP contribution in [0.15, 0.2) is 42.5 Å². The van der Waals surface area contributed by atoms with Gasteiger partial charge in [-0.1, -0.05) is 35.3 Å². The summed E-state index contributed by atoms with van der Waals surface area (Å²) >= 11 is 11.9. The molecule has 4 nitrogen and oxygen atoms in total. The van der Waals surface area contributed by atoms with Crippen LogP contribution in [0.25, 0.3) is 0 Å². The number of nitrogen functional groups attached to an aromatic ring is 1. The maximum Gasteiger partial charge on any atom is 0.319 e. The molecule has 0 heterocycles. The van der Waals surface area contributed by atoms with Crippen LogP contribution in [0.3, 0.4) is 0 Å². The molecule has 0 saturated carbocycles. The van der Waals surface area contributed by atoms with Crippen LogP contribution in [-0.2, 0) is 6.42 Å². The van der Waals surface area contributed by atoms with Crippen molar-refractivity contribution in [3.05, 3.63) is 58.1 Å². The van der Waals surface area contributed by atoms with E-state index in [0.29, 0.717) is 34.4 Å². The van der Waals surface area contributed by atoms with E-state index in [1.807, 2.05) is 24.3 Å². The Hall–Kier alpha value is -1.91. The van der Waals surface area contributed by atoms with Crippen LogP contribution in [-0.4, -0.2) is 12.6 Å². The quantitative estimate of drug-likeness (QED) is 0.746. The fourth-order valence-electron chi connectivity index (χ4n) is 1.81. The first-order valence-corrected chi connectivity index (χ1v) is 7.14. The minimum Gasteiger partial charge on any atom is -0.399 e. The number of amides is 2. The zero-order valence-corrected chi connectivity index (χ0v) is 12.7. The van der Waals surface area contributed by atoms with Gasteiger partial charge in [0.15, 0.2) is 0 Å². The second kappa shape index (κ2) is 7.20. The topological polar surface area (TPSA) is 67.1 Å². The molecule has 0 radical (unpaired) electrons. The van der Waals surface area contributed by atoms with Crippen LogP contribution >= 0.6 is 23.2 Å². The third-order valence-corrected chi connectivity index (χ3v) is 3.38. The van der Waals surface area contributed by atoms with Crippen molar-refractivity contribution >= 4 is 40.6 Å². The second-order valence-corrected chi connectivity index (χ2v) is 5.34. The highest BCUT2D eigenvalue weighted by molar-refractivity contribution is 6.34. The minimum absolute atomic E-state index is 0.316. The summed E-state index contributed by atoms with van der Waals surface area (Å²) in [7, 11) is 0. The van der Waals surface area contributed by atoms with E-state index < -0.39 is 0 Å². The summed E-state index contributed by atoms with van der Waals surface area (Å²) in [6.07, 6.45) is 0.698. The van der Waals surface area contributed by atoms with Crippen molar-refractivity contribution in [1.82, 2.24) is 5.32 Å². The molecule has 0 spiro atoms. The summed E-state index contributed by atoms with van der Waals surface area (Å²) in [6, 6.07) is 12.1. The summed E-state index contributed by atoms with van der Waals surface area (Å²) in [6.45, 7) is 0.499. The Kier molecular flexibility index (Phi) is 5.31. The number of rotatable bonds is 4. The van der Waals surface area contributed by atoms with Crippen LogP contribution in [0.5, 0.6) is 0 Å². The van der Waals surface area contributed by atoms with Gasteiger partial charge in [-0.05, 0) is 42.3 Å². The molecule has 0 aliphatic rings. The molecule has 4 N–H and O–H groups in total. The molecule has 0 bridgehead atoms. The standard InChI is InChI=1S/C15H15Cl2N3O/c16-11-3-1-2-10(8-11)6-7-19-15(21)20-14-5-4-12(18)9-13(14)17/h1-5,8-9H,6-7,18H2,(H2,19,20,21). The molecule has 0 atom stereocenters. The zero-order chi connectivity index (χ0) is 15.2. The van der Waals surface area contributed by atoms with Crippen LogP contribution in [0, 0.1) is 0 Å². The molecule has 2 aromatic rings. The summed E-state index contributed by atoms with van der Waals surface area (Å²) < 4.78 is 0. The molecule has 0 aliphatic heterocycles. The van der Waals surface area contributed by atoms with E-state index >= 15 is 0 Å². The number of benzene rings is 2. The molecular formula is C15H15Cl2N3O. The third kappa shape index (κ3) is 4.85. The number of nitrogens with one attached hydrogen (secondary N) is 2. The molecule has 0 saturated heterocycles. The minimum atomic E-state index is -0.316. The zero-order valence-electron chi connectivity index (χ0n) is 11.2. The van der Waals surface area contributed by atoms with Gasteiger partial charge in [0.1, 0.15) is 0 Å². The molecule has 6 heteroatoms. The van der Waals surface area contributed by atoms with Crippen molar-refractivity contribution in [2.24, 2.45) is 0 Å². The van der Waals surface area contributed by atoms with Gasteiger partial charge in [0.2, 0.25) is 0 Å². The first-order chi connectivity index (χ1) is 10.0. The molecule has 110 valence electrons. The van der Waals surface area contributed by atoms with Crippen LogP contribution in [0.4, 0.5) is 16.2 Å². The van der Waals surface area contributed by atoms with Crippen LogP contribution in [0.2, 0.25) is 10.0 Å². The Bertz CT molecular complexity index is 647. The van der Waals surface area contributed by atoms with Crippen molar-refractivity contribution in [2.75, 3.05) is 17.6 Å². The van der Waals surface area contributed by atoms with Crippen molar-refractivity contribution in [2.45, 2.75) is 6.42 Å². The number of anilines is 2. The highest BCUT2D eigenvalue weighted by atomic mass is 35.5.